The lowest BCUT2D eigenvalue weighted by molar-refractivity contribution is 0.362. The number of nitrogens with zero attached hydrogens (tertiary/aromatic N) is 7. The first-order valence-electron chi connectivity index (χ1n) is 14.7. The Kier molecular flexibility index (Phi) is 5.80. The Bertz CT molecular complexity index is 2100. The fourth-order valence-corrected chi connectivity index (χ4v) is 6.81. The molecule has 0 unspecified atom stereocenters. The average Bonchev–Trinajstić information content (AvgIpc) is 3.70. The van der Waals surface area contributed by atoms with Crippen molar-refractivity contribution in [2.75, 3.05) is 0 Å². The molecule has 0 saturated heterocycles. The SMILES string of the molecule is Cc1nc2ccc(-c3nc4cc(-c5nn[nH]n5)ccc4n3C3CCCCC3)cc2c(C)c1-c1ccc2ncccc2c1. The summed E-state index contributed by atoms with van der Waals surface area (Å²) in [5.74, 6) is 1.58. The molecule has 1 aliphatic rings. The van der Waals surface area contributed by atoms with Crippen LogP contribution < -0.4 is 0 Å². The molecule has 1 N–H and O–H groups in total. The zero-order valence-corrected chi connectivity index (χ0v) is 23.7. The van der Waals surface area contributed by atoms with E-state index in [2.05, 4.69) is 105 Å². The fourth-order valence-electron chi connectivity index (χ4n) is 6.81. The van der Waals surface area contributed by atoms with Crippen LogP contribution in [0.15, 0.2) is 72.9 Å². The summed E-state index contributed by atoms with van der Waals surface area (Å²) < 4.78 is 2.48. The van der Waals surface area contributed by atoms with Gasteiger partial charge in [-0.3, -0.25) is 9.97 Å². The highest BCUT2D eigenvalue weighted by Gasteiger charge is 2.24. The van der Waals surface area contributed by atoms with Gasteiger partial charge >= 0.3 is 0 Å². The Morgan fingerprint density at radius 1 is 0.786 bits per heavy atom. The molecule has 4 heterocycles. The summed E-state index contributed by atoms with van der Waals surface area (Å²) in [6, 6.07) is 23.9. The standard InChI is InChI=1S/C34H30N8/c1-20-27-18-25(11-14-29(27)36-21(2)32(20)23-10-13-28-22(17-23)7-6-16-35-28)34-37-30-19-24(33-38-40-41-39-33)12-15-31(30)42(34)26-8-4-3-5-9-26/h6-7,10-19,26H,3-5,8-9H2,1-2H3,(H,38,39,40,41). The Morgan fingerprint density at radius 2 is 1.62 bits per heavy atom. The minimum absolute atomic E-state index is 0.421. The molecule has 206 valence electrons. The van der Waals surface area contributed by atoms with Crippen molar-refractivity contribution >= 4 is 32.8 Å². The summed E-state index contributed by atoms with van der Waals surface area (Å²) in [4.78, 5) is 14.8. The van der Waals surface area contributed by atoms with Crippen LogP contribution in [0.4, 0.5) is 0 Å². The molecule has 0 radical (unpaired) electrons. The highest BCUT2D eigenvalue weighted by atomic mass is 15.5. The van der Waals surface area contributed by atoms with E-state index in [4.69, 9.17) is 9.97 Å². The van der Waals surface area contributed by atoms with Crippen molar-refractivity contribution in [3.63, 3.8) is 0 Å². The molecular weight excluding hydrogens is 520 g/mol. The Balaban J connectivity index is 1.31. The number of fused-ring (bicyclic) bond motifs is 3. The monoisotopic (exact) mass is 550 g/mol. The van der Waals surface area contributed by atoms with Gasteiger partial charge in [-0.15, -0.1) is 10.2 Å². The number of hydrogen-bond donors (Lipinski definition) is 1. The van der Waals surface area contributed by atoms with E-state index in [0.717, 1.165) is 61.0 Å². The maximum Gasteiger partial charge on any atom is 0.204 e. The third-order valence-electron chi connectivity index (χ3n) is 8.81. The van der Waals surface area contributed by atoms with E-state index in [1.54, 1.807) is 0 Å². The summed E-state index contributed by atoms with van der Waals surface area (Å²) in [5.41, 5.74) is 10.7. The maximum atomic E-state index is 5.25. The number of tetrazole rings is 1. The number of aryl methyl sites for hydroxylation is 2. The summed E-state index contributed by atoms with van der Waals surface area (Å²) in [6.45, 7) is 4.32. The lowest BCUT2D eigenvalue weighted by Gasteiger charge is -2.26. The van der Waals surface area contributed by atoms with Crippen LogP contribution in [0.1, 0.15) is 49.4 Å². The number of benzene rings is 3. The van der Waals surface area contributed by atoms with Crippen LogP contribution >= 0.6 is 0 Å². The molecule has 42 heavy (non-hydrogen) atoms. The molecule has 0 aliphatic heterocycles. The van der Waals surface area contributed by atoms with Gasteiger partial charge < -0.3 is 4.57 Å². The van der Waals surface area contributed by atoms with E-state index < -0.39 is 0 Å². The van der Waals surface area contributed by atoms with Crippen LogP contribution in [-0.2, 0) is 0 Å². The first-order chi connectivity index (χ1) is 20.6. The predicted molar refractivity (Wildman–Crippen MR) is 166 cm³/mol. The minimum Gasteiger partial charge on any atom is -0.321 e. The number of rotatable bonds is 4. The van der Waals surface area contributed by atoms with Crippen molar-refractivity contribution in [1.82, 2.24) is 40.1 Å². The lowest BCUT2D eigenvalue weighted by atomic mass is 9.93. The molecule has 0 amide bonds. The van der Waals surface area contributed by atoms with Gasteiger partial charge in [-0.1, -0.05) is 31.4 Å². The largest absolute Gasteiger partial charge is 0.321 e. The van der Waals surface area contributed by atoms with Gasteiger partial charge in [0.25, 0.3) is 0 Å². The predicted octanol–water partition coefficient (Wildman–Crippen LogP) is 7.77. The second-order valence-electron chi connectivity index (χ2n) is 11.4. The van der Waals surface area contributed by atoms with E-state index in [1.807, 2.05) is 12.3 Å². The van der Waals surface area contributed by atoms with Crippen LogP contribution in [0, 0.1) is 13.8 Å². The number of H-pyrrole nitrogens is 1. The van der Waals surface area contributed by atoms with Crippen molar-refractivity contribution in [1.29, 1.82) is 0 Å². The van der Waals surface area contributed by atoms with Crippen LogP contribution in [0.5, 0.6) is 0 Å². The van der Waals surface area contributed by atoms with E-state index in [9.17, 15) is 0 Å². The summed E-state index contributed by atoms with van der Waals surface area (Å²) >= 11 is 0. The van der Waals surface area contributed by atoms with Crippen molar-refractivity contribution in [3.8, 4) is 33.9 Å². The smallest absolute Gasteiger partial charge is 0.204 e. The number of imidazole rings is 1. The number of pyridine rings is 2. The van der Waals surface area contributed by atoms with Crippen LogP contribution in [0.2, 0.25) is 0 Å². The summed E-state index contributed by atoms with van der Waals surface area (Å²) in [5, 5.41) is 16.9. The second-order valence-corrected chi connectivity index (χ2v) is 11.4. The molecular formula is C34H30N8. The number of nitrogens with one attached hydrogen (secondary N) is 1. The Labute approximate surface area is 242 Å². The highest BCUT2D eigenvalue weighted by molar-refractivity contribution is 5.95. The Morgan fingerprint density at radius 3 is 2.48 bits per heavy atom. The van der Waals surface area contributed by atoms with Gasteiger partial charge in [0, 0.05) is 45.4 Å². The quantitative estimate of drug-likeness (QED) is 0.240. The number of hydrogen-bond acceptors (Lipinski definition) is 6. The minimum atomic E-state index is 0.421. The van der Waals surface area contributed by atoms with Gasteiger partial charge in [-0.2, -0.15) is 5.21 Å². The van der Waals surface area contributed by atoms with Crippen LogP contribution in [-0.4, -0.2) is 40.1 Å². The van der Waals surface area contributed by atoms with Gasteiger partial charge in [0.1, 0.15) is 5.82 Å². The van der Waals surface area contributed by atoms with Gasteiger partial charge in [-0.25, -0.2) is 4.98 Å². The van der Waals surface area contributed by atoms with E-state index in [0.29, 0.717) is 11.9 Å². The van der Waals surface area contributed by atoms with E-state index in [1.165, 1.54) is 43.2 Å². The number of aromatic nitrogens is 8. The first-order valence-corrected chi connectivity index (χ1v) is 14.7. The van der Waals surface area contributed by atoms with Gasteiger partial charge in [-0.05, 0) is 97.6 Å². The van der Waals surface area contributed by atoms with Gasteiger partial charge in [0.2, 0.25) is 5.82 Å². The third-order valence-corrected chi connectivity index (χ3v) is 8.81. The molecule has 0 bridgehead atoms. The maximum absolute atomic E-state index is 5.25. The fraction of sp³-hybridized carbons (Fsp3) is 0.235. The molecule has 1 fully saturated rings. The topological polar surface area (TPSA) is 98.1 Å². The molecule has 0 atom stereocenters. The second kappa shape index (κ2) is 9.83. The molecule has 7 aromatic rings. The third kappa shape index (κ3) is 4.05. The number of aromatic amines is 1. The summed E-state index contributed by atoms with van der Waals surface area (Å²) in [7, 11) is 0. The molecule has 0 spiro atoms. The molecule has 8 nitrogen and oxygen atoms in total. The van der Waals surface area contributed by atoms with Gasteiger partial charge in [0.15, 0.2) is 0 Å². The lowest BCUT2D eigenvalue weighted by Crippen LogP contribution is -2.14. The summed E-state index contributed by atoms with van der Waals surface area (Å²) in [6.07, 6.45) is 7.96. The Hall–Kier alpha value is -4.98. The zero-order valence-electron chi connectivity index (χ0n) is 23.7. The van der Waals surface area contributed by atoms with Crippen molar-refractivity contribution < 1.29 is 0 Å². The van der Waals surface area contributed by atoms with E-state index in [-0.39, 0.29) is 0 Å². The normalized spacial score (nSPS) is 14.3. The first kappa shape index (κ1) is 24.8. The molecule has 8 heteroatoms. The highest BCUT2D eigenvalue weighted by Crippen LogP contribution is 2.39. The zero-order chi connectivity index (χ0) is 28.2. The average molecular weight is 551 g/mol. The van der Waals surface area contributed by atoms with Gasteiger partial charge in [0.05, 0.1) is 22.1 Å². The van der Waals surface area contributed by atoms with Crippen molar-refractivity contribution in [2.45, 2.75) is 52.0 Å². The molecule has 3 aromatic carbocycles. The molecule has 1 saturated carbocycles. The van der Waals surface area contributed by atoms with Crippen molar-refractivity contribution in [3.05, 3.63) is 84.2 Å². The molecule has 8 rings (SSSR count). The molecule has 1 aliphatic carbocycles. The molecule has 4 aromatic heterocycles. The van der Waals surface area contributed by atoms with Crippen LogP contribution in [0.3, 0.4) is 0 Å². The van der Waals surface area contributed by atoms with Crippen LogP contribution in [0.25, 0.3) is 66.7 Å². The van der Waals surface area contributed by atoms with Crippen molar-refractivity contribution in [2.24, 2.45) is 0 Å². The van der Waals surface area contributed by atoms with E-state index >= 15 is 0 Å².